The number of methoxy groups -OCH3 is 1. The minimum absolute atomic E-state index is 0.00770. The van der Waals surface area contributed by atoms with Gasteiger partial charge in [-0.1, -0.05) is 18.2 Å². The molecule has 0 bridgehead atoms. The minimum Gasteiger partial charge on any atom is -0.497 e. The first-order valence-corrected chi connectivity index (χ1v) is 13.2. The molecular weight excluding hydrogens is 552 g/mol. The van der Waals surface area contributed by atoms with E-state index in [0.29, 0.717) is 54.7 Å². The van der Waals surface area contributed by atoms with Crippen LogP contribution in [-0.4, -0.2) is 64.6 Å². The van der Waals surface area contributed by atoms with Gasteiger partial charge in [0.25, 0.3) is 11.1 Å². The molecule has 14 nitrogen and oxygen atoms in total. The number of amides is 2. The van der Waals surface area contributed by atoms with E-state index in [-0.39, 0.29) is 27.8 Å². The Kier molecular flexibility index (Phi) is 7.42. The molecule has 0 atom stereocenters. The zero-order valence-electron chi connectivity index (χ0n) is 21.6. The van der Waals surface area contributed by atoms with Gasteiger partial charge < -0.3 is 28.5 Å². The van der Waals surface area contributed by atoms with Gasteiger partial charge in [-0.05, 0) is 36.4 Å². The average molecular weight is 575 g/mol. The molecule has 0 spiro atoms. The number of carbonyl (C=O) groups is 1. The van der Waals surface area contributed by atoms with Crippen LogP contribution >= 0.6 is 11.8 Å². The predicted molar refractivity (Wildman–Crippen MR) is 148 cm³/mol. The van der Waals surface area contributed by atoms with Gasteiger partial charge in [-0.3, -0.25) is 5.32 Å². The molecule has 2 N–H and O–H groups in total. The summed E-state index contributed by atoms with van der Waals surface area (Å²) in [5.74, 6) is 1.02. The molecule has 41 heavy (non-hydrogen) atoms. The fourth-order valence-electron chi connectivity index (χ4n) is 3.94. The number of carbonyl (C=O) groups excluding carboxylic acids is 1. The number of fused-ring (bicyclic) bond motifs is 1. The quantitative estimate of drug-likeness (QED) is 0.270. The van der Waals surface area contributed by atoms with Crippen molar-refractivity contribution in [3.05, 3.63) is 65.0 Å². The molecule has 1 fully saturated rings. The lowest BCUT2D eigenvalue weighted by molar-refractivity contribution is 0.122. The van der Waals surface area contributed by atoms with Crippen molar-refractivity contribution in [3.63, 3.8) is 0 Å². The first-order valence-electron chi connectivity index (χ1n) is 12.4. The number of ether oxygens (including phenoxy) is 2. The van der Waals surface area contributed by atoms with Crippen molar-refractivity contribution in [1.29, 1.82) is 0 Å². The summed E-state index contributed by atoms with van der Waals surface area (Å²) in [4.78, 5) is 40.5. The van der Waals surface area contributed by atoms with Crippen LogP contribution in [0.4, 0.5) is 22.4 Å². The van der Waals surface area contributed by atoms with Crippen molar-refractivity contribution in [2.24, 2.45) is 0 Å². The number of anilines is 3. The van der Waals surface area contributed by atoms with Gasteiger partial charge in [0.1, 0.15) is 16.9 Å². The van der Waals surface area contributed by atoms with Crippen molar-refractivity contribution >= 4 is 46.3 Å². The largest absolute Gasteiger partial charge is 0.497 e. The van der Waals surface area contributed by atoms with E-state index in [1.807, 2.05) is 17.0 Å². The van der Waals surface area contributed by atoms with Gasteiger partial charge in [-0.25, -0.2) is 9.59 Å². The predicted octanol–water partition coefficient (Wildman–Crippen LogP) is 3.67. The van der Waals surface area contributed by atoms with Crippen LogP contribution in [0.3, 0.4) is 0 Å². The number of rotatable bonds is 7. The number of nitrogens with zero attached hydrogens (tertiary/aromatic N) is 6. The van der Waals surface area contributed by atoms with Crippen molar-refractivity contribution in [2.45, 2.75) is 10.4 Å². The molecule has 1 saturated heterocycles. The van der Waals surface area contributed by atoms with E-state index in [9.17, 15) is 9.59 Å². The van der Waals surface area contributed by atoms with Crippen LogP contribution in [0.25, 0.3) is 22.4 Å². The molecule has 4 heterocycles. The van der Waals surface area contributed by atoms with Crippen LogP contribution in [0.2, 0.25) is 0 Å². The number of hydrogen-bond donors (Lipinski definition) is 2. The summed E-state index contributed by atoms with van der Waals surface area (Å²) in [5.41, 5.74) is 0.530. The normalized spacial score (nSPS) is 13.2. The van der Waals surface area contributed by atoms with E-state index in [1.54, 1.807) is 49.6 Å². The zero-order chi connectivity index (χ0) is 28.2. The molecule has 3 aromatic heterocycles. The van der Waals surface area contributed by atoms with Crippen molar-refractivity contribution in [1.82, 2.24) is 25.1 Å². The molecule has 208 valence electrons. The fraction of sp³-hybridized carbons (Fsp3) is 0.192. The van der Waals surface area contributed by atoms with Crippen molar-refractivity contribution in [3.8, 4) is 17.2 Å². The number of benzene rings is 2. The highest BCUT2D eigenvalue weighted by Crippen LogP contribution is 2.29. The van der Waals surface area contributed by atoms with Gasteiger partial charge in [0, 0.05) is 35.9 Å². The number of hydrogen-bond acceptors (Lipinski definition) is 13. The number of para-hydroxylation sites is 1. The molecule has 1 aliphatic rings. The Balaban J connectivity index is 1.24. The molecule has 0 radical (unpaired) electrons. The topological polar surface area (TPSA) is 171 Å². The van der Waals surface area contributed by atoms with Crippen LogP contribution in [-0.2, 0) is 4.74 Å². The highest BCUT2D eigenvalue weighted by molar-refractivity contribution is 7.98. The van der Waals surface area contributed by atoms with Gasteiger partial charge in [-0.15, -0.1) is 10.2 Å². The number of aromatic nitrogens is 5. The van der Waals surface area contributed by atoms with E-state index in [0.717, 1.165) is 11.8 Å². The van der Waals surface area contributed by atoms with Gasteiger partial charge in [0.15, 0.2) is 0 Å². The Hall–Kier alpha value is -5.02. The number of urea groups is 1. The first-order chi connectivity index (χ1) is 20.0. The second-order valence-corrected chi connectivity index (χ2v) is 9.53. The highest BCUT2D eigenvalue weighted by atomic mass is 32.2. The third-order valence-electron chi connectivity index (χ3n) is 5.93. The third-order valence-corrected chi connectivity index (χ3v) is 6.63. The van der Waals surface area contributed by atoms with Gasteiger partial charge in [0.05, 0.1) is 20.3 Å². The maximum absolute atomic E-state index is 12.7. The number of morpholine rings is 1. The Morgan fingerprint density at radius 3 is 2.59 bits per heavy atom. The zero-order valence-corrected chi connectivity index (χ0v) is 22.4. The molecule has 2 amide bonds. The summed E-state index contributed by atoms with van der Waals surface area (Å²) in [6.07, 6.45) is 0. The summed E-state index contributed by atoms with van der Waals surface area (Å²) < 4.78 is 21.7. The molecule has 1 aliphatic heterocycles. The van der Waals surface area contributed by atoms with Crippen molar-refractivity contribution in [2.75, 3.05) is 48.9 Å². The summed E-state index contributed by atoms with van der Waals surface area (Å²) >= 11 is 0.961. The maximum Gasteiger partial charge on any atom is 0.349 e. The summed E-state index contributed by atoms with van der Waals surface area (Å²) in [6.45, 7) is 2.15. The molecule has 0 saturated carbocycles. The Morgan fingerprint density at radius 2 is 1.78 bits per heavy atom. The lowest BCUT2D eigenvalue weighted by Crippen LogP contribution is -2.37. The van der Waals surface area contributed by atoms with Crippen LogP contribution in [0.5, 0.6) is 5.75 Å². The second-order valence-electron chi connectivity index (χ2n) is 8.61. The highest BCUT2D eigenvalue weighted by Gasteiger charge is 2.21. The Labute approximate surface area is 236 Å². The molecule has 2 aromatic carbocycles. The Bertz CT molecular complexity index is 1750. The Morgan fingerprint density at radius 1 is 0.976 bits per heavy atom. The molecule has 5 aromatic rings. The van der Waals surface area contributed by atoms with Crippen LogP contribution in [0.15, 0.2) is 78.6 Å². The fourth-order valence-corrected chi connectivity index (χ4v) is 4.56. The lowest BCUT2D eigenvalue weighted by Gasteiger charge is -2.26. The number of nitrogens with one attached hydrogen (secondary N) is 2. The SMILES string of the molecule is COc1ccc(NC(=O)Nc2nc(Sc3nnc(-c4cc5ccccc5oc4=O)o3)nc(N3CCOCC3)n2)cc1. The standard InChI is InChI=1S/C26H22N8O6S/c1-37-17-8-6-16(7-9-17)27-24(36)29-22-28-23(34-10-12-38-13-11-34)31-25(30-22)41-26-33-32-20(40-26)18-14-15-4-2-3-5-19(15)39-21(18)35/h2-9,14H,10-13H2,1H3,(H2,27,28,29,30,31,36). The first kappa shape index (κ1) is 26.2. The van der Waals surface area contributed by atoms with Crippen molar-refractivity contribution < 1.29 is 23.1 Å². The monoisotopic (exact) mass is 574 g/mol. The smallest absolute Gasteiger partial charge is 0.349 e. The lowest BCUT2D eigenvalue weighted by atomic mass is 10.2. The molecule has 0 unspecified atom stereocenters. The third kappa shape index (κ3) is 6.10. The van der Waals surface area contributed by atoms with Gasteiger partial charge in [0.2, 0.25) is 17.1 Å². The van der Waals surface area contributed by atoms with E-state index < -0.39 is 11.7 Å². The summed E-state index contributed by atoms with van der Waals surface area (Å²) in [5, 5.41) is 14.4. The van der Waals surface area contributed by atoms with Crippen LogP contribution < -0.4 is 25.9 Å². The van der Waals surface area contributed by atoms with Gasteiger partial charge in [-0.2, -0.15) is 15.0 Å². The molecule has 0 aliphatic carbocycles. The van der Waals surface area contributed by atoms with E-state index in [1.165, 1.54) is 0 Å². The van der Waals surface area contributed by atoms with E-state index in [2.05, 4.69) is 35.8 Å². The molecule has 15 heteroatoms. The maximum atomic E-state index is 12.7. The minimum atomic E-state index is -0.604. The average Bonchev–Trinajstić information content (AvgIpc) is 3.45. The van der Waals surface area contributed by atoms with E-state index in [4.69, 9.17) is 18.3 Å². The van der Waals surface area contributed by atoms with Crippen LogP contribution in [0, 0.1) is 0 Å². The summed E-state index contributed by atoms with van der Waals surface area (Å²) in [6, 6.07) is 15.1. The molecule has 6 rings (SSSR count). The van der Waals surface area contributed by atoms with Gasteiger partial charge >= 0.3 is 11.7 Å². The van der Waals surface area contributed by atoms with Crippen LogP contribution in [0.1, 0.15) is 0 Å². The second kappa shape index (κ2) is 11.6. The summed E-state index contributed by atoms with van der Waals surface area (Å²) in [7, 11) is 1.56. The van der Waals surface area contributed by atoms with E-state index >= 15 is 0 Å². The molecular formula is C26H22N8O6S.